The van der Waals surface area contributed by atoms with E-state index < -0.39 is 0 Å². The molecule has 0 unspecified atom stereocenters. The van der Waals surface area contributed by atoms with Crippen LogP contribution >= 0.6 is 24.0 Å². The van der Waals surface area contributed by atoms with Crippen molar-refractivity contribution < 1.29 is 14.2 Å². The molecule has 0 fully saturated rings. The van der Waals surface area contributed by atoms with E-state index in [0.29, 0.717) is 23.8 Å². The molecular formula is C23H35IN4O3. The Morgan fingerprint density at radius 2 is 1.68 bits per heavy atom. The molecule has 2 rings (SSSR count). The van der Waals surface area contributed by atoms with Gasteiger partial charge in [0, 0.05) is 38.9 Å². The Labute approximate surface area is 203 Å². The Balaban J connectivity index is 0.00000480. The summed E-state index contributed by atoms with van der Waals surface area (Å²) >= 11 is 0. The Morgan fingerprint density at radius 3 is 2.19 bits per heavy atom. The minimum absolute atomic E-state index is 0. The number of hydrogen-bond acceptors (Lipinski definition) is 5. The van der Waals surface area contributed by atoms with E-state index in [4.69, 9.17) is 14.2 Å². The highest BCUT2D eigenvalue weighted by Gasteiger charge is 2.13. The summed E-state index contributed by atoms with van der Waals surface area (Å²) in [5, 5.41) is 6.71. The highest BCUT2D eigenvalue weighted by Crippen LogP contribution is 2.38. The average molecular weight is 542 g/mol. The van der Waals surface area contributed by atoms with Crippen molar-refractivity contribution in [3.05, 3.63) is 47.5 Å². The SMILES string of the molecule is CCN(CCNC(=NC)NCc1cc(OC)c(OC)c(OC)c1)c1cccc(C)c1.I. The molecule has 0 aliphatic carbocycles. The Hall–Kier alpha value is -2.36. The van der Waals surface area contributed by atoms with Gasteiger partial charge in [-0.1, -0.05) is 12.1 Å². The van der Waals surface area contributed by atoms with Crippen molar-refractivity contribution in [1.82, 2.24) is 10.6 Å². The van der Waals surface area contributed by atoms with Crippen molar-refractivity contribution in [2.45, 2.75) is 20.4 Å². The quantitative estimate of drug-likeness (QED) is 0.270. The van der Waals surface area contributed by atoms with E-state index in [-0.39, 0.29) is 24.0 Å². The van der Waals surface area contributed by atoms with Gasteiger partial charge in [-0.25, -0.2) is 0 Å². The van der Waals surface area contributed by atoms with Crippen LogP contribution in [0.3, 0.4) is 0 Å². The first kappa shape index (κ1) is 26.7. The largest absolute Gasteiger partial charge is 0.493 e. The molecule has 0 aliphatic heterocycles. The molecule has 0 saturated carbocycles. The second kappa shape index (κ2) is 13.8. The van der Waals surface area contributed by atoms with E-state index in [0.717, 1.165) is 31.2 Å². The summed E-state index contributed by atoms with van der Waals surface area (Å²) in [6, 6.07) is 12.4. The van der Waals surface area contributed by atoms with Gasteiger partial charge in [-0.05, 0) is 49.2 Å². The summed E-state index contributed by atoms with van der Waals surface area (Å²) in [5.41, 5.74) is 3.50. The van der Waals surface area contributed by atoms with Crippen molar-refractivity contribution in [1.29, 1.82) is 0 Å². The van der Waals surface area contributed by atoms with Crippen molar-refractivity contribution in [3.8, 4) is 17.2 Å². The van der Waals surface area contributed by atoms with E-state index in [1.54, 1.807) is 28.4 Å². The van der Waals surface area contributed by atoms with Crippen LogP contribution in [-0.2, 0) is 6.54 Å². The molecule has 8 heteroatoms. The lowest BCUT2D eigenvalue weighted by molar-refractivity contribution is 0.323. The van der Waals surface area contributed by atoms with Crippen LogP contribution in [0, 0.1) is 6.92 Å². The number of hydrogen-bond donors (Lipinski definition) is 2. The van der Waals surface area contributed by atoms with Crippen molar-refractivity contribution in [2.24, 2.45) is 4.99 Å². The summed E-state index contributed by atoms with van der Waals surface area (Å²) in [7, 11) is 6.59. The minimum Gasteiger partial charge on any atom is -0.493 e. The highest BCUT2D eigenvalue weighted by molar-refractivity contribution is 14.0. The molecule has 2 N–H and O–H groups in total. The number of benzene rings is 2. The van der Waals surface area contributed by atoms with Gasteiger partial charge >= 0.3 is 0 Å². The van der Waals surface area contributed by atoms with Crippen LogP contribution in [0.4, 0.5) is 5.69 Å². The Bertz CT molecular complexity index is 820. The first-order chi connectivity index (χ1) is 14.6. The first-order valence-electron chi connectivity index (χ1n) is 10.1. The molecule has 0 saturated heterocycles. The summed E-state index contributed by atoms with van der Waals surface area (Å²) in [4.78, 5) is 6.66. The first-order valence-corrected chi connectivity index (χ1v) is 10.1. The fourth-order valence-corrected chi connectivity index (χ4v) is 3.25. The summed E-state index contributed by atoms with van der Waals surface area (Å²) in [6.45, 7) is 7.46. The molecule has 0 atom stereocenters. The molecule has 0 aromatic heterocycles. The lowest BCUT2D eigenvalue weighted by Gasteiger charge is -2.24. The predicted molar refractivity (Wildman–Crippen MR) is 139 cm³/mol. The number of nitrogens with one attached hydrogen (secondary N) is 2. The number of guanidine groups is 1. The molecule has 2 aromatic carbocycles. The standard InChI is InChI=1S/C23H34N4O3.HI/c1-7-27(19-10-8-9-17(2)13-19)12-11-25-23(24-3)26-16-18-14-20(28-4)22(30-6)21(15-18)29-5;/h8-10,13-15H,7,11-12,16H2,1-6H3,(H2,24,25,26);1H. The highest BCUT2D eigenvalue weighted by atomic mass is 127. The van der Waals surface area contributed by atoms with Crippen LogP contribution in [0.15, 0.2) is 41.4 Å². The molecule has 0 bridgehead atoms. The molecule has 172 valence electrons. The van der Waals surface area contributed by atoms with Gasteiger partial charge in [0.25, 0.3) is 0 Å². The summed E-state index contributed by atoms with van der Waals surface area (Å²) < 4.78 is 16.2. The lowest BCUT2D eigenvalue weighted by atomic mass is 10.2. The van der Waals surface area contributed by atoms with Crippen molar-refractivity contribution >= 4 is 35.6 Å². The van der Waals surface area contributed by atoms with Crippen LogP contribution in [0.1, 0.15) is 18.1 Å². The normalized spacial score (nSPS) is 10.7. The van der Waals surface area contributed by atoms with E-state index in [1.165, 1.54) is 11.3 Å². The molecule has 0 heterocycles. The molecule has 0 spiro atoms. The maximum atomic E-state index is 5.42. The van der Waals surface area contributed by atoms with Gasteiger partial charge in [0.1, 0.15) is 0 Å². The third kappa shape index (κ3) is 7.68. The van der Waals surface area contributed by atoms with Gasteiger partial charge in [-0.3, -0.25) is 4.99 Å². The summed E-state index contributed by atoms with van der Waals surface area (Å²) in [6.07, 6.45) is 0. The third-order valence-electron chi connectivity index (χ3n) is 4.83. The van der Waals surface area contributed by atoms with Crippen LogP contribution in [0.25, 0.3) is 0 Å². The number of aryl methyl sites for hydroxylation is 1. The monoisotopic (exact) mass is 542 g/mol. The number of anilines is 1. The van der Waals surface area contributed by atoms with Crippen LogP contribution < -0.4 is 29.7 Å². The van der Waals surface area contributed by atoms with Crippen molar-refractivity contribution in [2.75, 3.05) is 52.9 Å². The maximum absolute atomic E-state index is 5.42. The Morgan fingerprint density at radius 1 is 1.00 bits per heavy atom. The number of likely N-dealkylation sites (N-methyl/N-ethyl adjacent to an activating group) is 1. The maximum Gasteiger partial charge on any atom is 0.203 e. The number of rotatable bonds is 10. The third-order valence-corrected chi connectivity index (χ3v) is 4.83. The van der Waals surface area contributed by atoms with E-state index in [1.807, 2.05) is 12.1 Å². The van der Waals surface area contributed by atoms with Crippen LogP contribution in [-0.4, -0.2) is 54.0 Å². The van der Waals surface area contributed by atoms with Gasteiger partial charge in [-0.15, -0.1) is 24.0 Å². The number of ether oxygens (including phenoxy) is 3. The minimum atomic E-state index is 0. The average Bonchev–Trinajstić information content (AvgIpc) is 2.77. The van der Waals surface area contributed by atoms with E-state index >= 15 is 0 Å². The predicted octanol–water partition coefficient (Wildman–Crippen LogP) is 3.83. The smallest absolute Gasteiger partial charge is 0.203 e. The van der Waals surface area contributed by atoms with E-state index in [9.17, 15) is 0 Å². The summed E-state index contributed by atoms with van der Waals surface area (Å²) in [5.74, 6) is 2.59. The zero-order valence-electron chi connectivity index (χ0n) is 19.3. The molecule has 7 nitrogen and oxygen atoms in total. The van der Waals surface area contributed by atoms with Gasteiger partial charge in [-0.2, -0.15) is 0 Å². The lowest BCUT2D eigenvalue weighted by Crippen LogP contribution is -2.41. The topological polar surface area (TPSA) is 67.4 Å². The molecule has 0 radical (unpaired) electrons. The number of aliphatic imine (C=N–C) groups is 1. The number of halogens is 1. The van der Waals surface area contributed by atoms with Crippen LogP contribution in [0.2, 0.25) is 0 Å². The fourth-order valence-electron chi connectivity index (χ4n) is 3.25. The molecular weight excluding hydrogens is 507 g/mol. The molecule has 2 aromatic rings. The number of methoxy groups -OCH3 is 3. The van der Waals surface area contributed by atoms with Gasteiger partial charge in [0.05, 0.1) is 21.3 Å². The molecule has 31 heavy (non-hydrogen) atoms. The number of nitrogens with zero attached hydrogens (tertiary/aromatic N) is 2. The second-order valence-electron chi connectivity index (χ2n) is 6.80. The van der Waals surface area contributed by atoms with Crippen molar-refractivity contribution in [3.63, 3.8) is 0 Å². The van der Waals surface area contributed by atoms with Gasteiger partial charge < -0.3 is 29.7 Å². The second-order valence-corrected chi connectivity index (χ2v) is 6.80. The van der Waals surface area contributed by atoms with Gasteiger partial charge in [0.2, 0.25) is 5.75 Å². The zero-order valence-corrected chi connectivity index (χ0v) is 21.7. The van der Waals surface area contributed by atoms with Gasteiger partial charge in [0.15, 0.2) is 17.5 Å². The molecule has 0 aliphatic rings. The van der Waals surface area contributed by atoms with Crippen LogP contribution in [0.5, 0.6) is 17.2 Å². The fraction of sp³-hybridized carbons (Fsp3) is 0.435. The molecule has 0 amide bonds. The Kier molecular flexibility index (Phi) is 11.9. The van der Waals surface area contributed by atoms with E-state index in [2.05, 4.69) is 58.6 Å². The zero-order chi connectivity index (χ0) is 21.9.